The lowest BCUT2D eigenvalue weighted by atomic mass is 9.82. The van der Waals surface area contributed by atoms with E-state index in [4.69, 9.17) is 9.47 Å². The smallest absolute Gasteiger partial charge is 0.276 e. The number of hydrogen-bond donors (Lipinski definition) is 1. The molecule has 1 N–H and O–H groups in total. The number of benzene rings is 1. The minimum absolute atomic E-state index is 0.0197. The molecule has 1 aromatic carbocycles. The minimum Gasteiger partial charge on any atom is -0.486 e. The molecule has 6 heteroatoms. The van der Waals surface area contributed by atoms with Crippen LogP contribution in [-0.4, -0.2) is 31.2 Å². The first-order valence-corrected chi connectivity index (χ1v) is 7.21. The number of rotatable bonds is 5. The van der Waals surface area contributed by atoms with Gasteiger partial charge in [0.1, 0.15) is 13.2 Å². The predicted octanol–water partition coefficient (Wildman–Crippen LogP) is 2.71. The van der Waals surface area contributed by atoms with E-state index in [2.05, 4.69) is 19.2 Å². The number of nitro groups is 1. The van der Waals surface area contributed by atoms with Gasteiger partial charge in [0.05, 0.1) is 11.0 Å². The standard InChI is InChI=1S/C15H22N2O4/c1-9(2)15(10(3)16-4)11-7-13-14(21-6-5-20-13)8-12(11)17(18)19/h7-10,15-16H,5-6H2,1-4H3. The van der Waals surface area contributed by atoms with E-state index in [1.54, 1.807) is 6.07 Å². The monoisotopic (exact) mass is 294 g/mol. The quantitative estimate of drug-likeness (QED) is 0.667. The molecule has 1 heterocycles. The van der Waals surface area contributed by atoms with Crippen molar-refractivity contribution in [1.82, 2.24) is 5.32 Å². The van der Waals surface area contributed by atoms with Crippen molar-refractivity contribution in [3.63, 3.8) is 0 Å². The average molecular weight is 294 g/mol. The van der Waals surface area contributed by atoms with Crippen LogP contribution in [0.15, 0.2) is 12.1 Å². The third kappa shape index (κ3) is 3.10. The largest absolute Gasteiger partial charge is 0.486 e. The van der Waals surface area contributed by atoms with Gasteiger partial charge in [0.2, 0.25) is 0 Å². The third-order valence-electron chi connectivity index (χ3n) is 3.96. The van der Waals surface area contributed by atoms with Crippen LogP contribution >= 0.6 is 0 Å². The lowest BCUT2D eigenvalue weighted by Crippen LogP contribution is -2.32. The summed E-state index contributed by atoms with van der Waals surface area (Å²) in [6.07, 6.45) is 0. The van der Waals surface area contributed by atoms with E-state index in [0.717, 1.165) is 0 Å². The van der Waals surface area contributed by atoms with E-state index in [-0.39, 0.29) is 28.5 Å². The third-order valence-corrected chi connectivity index (χ3v) is 3.96. The lowest BCUT2D eigenvalue weighted by Gasteiger charge is -2.28. The van der Waals surface area contributed by atoms with Crippen LogP contribution in [0.1, 0.15) is 32.3 Å². The first kappa shape index (κ1) is 15.6. The fourth-order valence-corrected chi connectivity index (χ4v) is 2.90. The summed E-state index contributed by atoms with van der Waals surface area (Å²) in [5.74, 6) is 1.33. The van der Waals surface area contributed by atoms with Gasteiger partial charge in [-0.05, 0) is 26.0 Å². The summed E-state index contributed by atoms with van der Waals surface area (Å²) in [4.78, 5) is 11.1. The van der Waals surface area contributed by atoms with Crippen LogP contribution in [0.4, 0.5) is 5.69 Å². The summed E-state index contributed by atoms with van der Waals surface area (Å²) < 4.78 is 11.0. The van der Waals surface area contributed by atoms with Crippen molar-refractivity contribution in [2.45, 2.75) is 32.7 Å². The SMILES string of the molecule is CNC(C)C(c1cc2c(cc1[N+](=O)[O-])OCCO2)C(C)C. The number of fused-ring (bicyclic) bond motifs is 1. The van der Waals surface area contributed by atoms with Gasteiger partial charge >= 0.3 is 0 Å². The molecular formula is C15H22N2O4. The van der Waals surface area contributed by atoms with Crippen LogP contribution in [0.2, 0.25) is 0 Å². The van der Waals surface area contributed by atoms with Gasteiger partial charge < -0.3 is 14.8 Å². The highest BCUT2D eigenvalue weighted by atomic mass is 16.6. The Bertz CT molecular complexity index is 531. The van der Waals surface area contributed by atoms with E-state index in [1.807, 2.05) is 14.0 Å². The molecule has 1 aromatic rings. The minimum atomic E-state index is -0.342. The van der Waals surface area contributed by atoms with E-state index in [9.17, 15) is 10.1 Å². The van der Waals surface area contributed by atoms with Gasteiger partial charge in [-0.15, -0.1) is 0 Å². The van der Waals surface area contributed by atoms with Crippen LogP contribution in [-0.2, 0) is 0 Å². The molecule has 0 fully saturated rings. The average Bonchev–Trinajstić information content (AvgIpc) is 2.45. The lowest BCUT2D eigenvalue weighted by molar-refractivity contribution is -0.386. The van der Waals surface area contributed by atoms with Crippen molar-refractivity contribution in [3.05, 3.63) is 27.8 Å². The van der Waals surface area contributed by atoms with Crippen molar-refractivity contribution in [2.75, 3.05) is 20.3 Å². The van der Waals surface area contributed by atoms with Gasteiger partial charge in [-0.2, -0.15) is 0 Å². The Morgan fingerprint density at radius 1 is 1.19 bits per heavy atom. The molecule has 21 heavy (non-hydrogen) atoms. The van der Waals surface area contributed by atoms with Gasteiger partial charge in [0.15, 0.2) is 11.5 Å². The molecule has 0 radical (unpaired) electrons. The van der Waals surface area contributed by atoms with Crippen molar-refractivity contribution in [1.29, 1.82) is 0 Å². The van der Waals surface area contributed by atoms with Crippen molar-refractivity contribution < 1.29 is 14.4 Å². The van der Waals surface area contributed by atoms with E-state index < -0.39 is 0 Å². The summed E-state index contributed by atoms with van der Waals surface area (Å²) in [5.41, 5.74) is 0.793. The molecule has 2 unspecified atom stereocenters. The zero-order chi connectivity index (χ0) is 15.6. The van der Waals surface area contributed by atoms with Crippen LogP contribution in [0.3, 0.4) is 0 Å². The van der Waals surface area contributed by atoms with Crippen LogP contribution in [0, 0.1) is 16.0 Å². The molecule has 1 aliphatic rings. The summed E-state index contributed by atoms with van der Waals surface area (Å²) >= 11 is 0. The van der Waals surface area contributed by atoms with Crippen molar-refractivity contribution >= 4 is 5.69 Å². The van der Waals surface area contributed by atoms with Crippen molar-refractivity contribution in [2.24, 2.45) is 5.92 Å². The Morgan fingerprint density at radius 3 is 2.24 bits per heavy atom. The number of ether oxygens (including phenoxy) is 2. The molecular weight excluding hydrogens is 272 g/mol. The molecule has 6 nitrogen and oxygen atoms in total. The molecule has 116 valence electrons. The van der Waals surface area contributed by atoms with Crippen molar-refractivity contribution in [3.8, 4) is 11.5 Å². The van der Waals surface area contributed by atoms with Crippen LogP contribution in [0.5, 0.6) is 11.5 Å². The Balaban J connectivity index is 2.56. The summed E-state index contributed by atoms with van der Waals surface area (Å²) in [5, 5.41) is 14.6. The van der Waals surface area contributed by atoms with Gasteiger partial charge in [-0.1, -0.05) is 13.8 Å². The summed E-state index contributed by atoms with van der Waals surface area (Å²) in [6, 6.07) is 3.37. The Labute approximate surface area is 124 Å². The zero-order valence-corrected chi connectivity index (χ0v) is 12.9. The molecule has 0 spiro atoms. The second-order valence-corrected chi connectivity index (χ2v) is 5.66. The second-order valence-electron chi connectivity index (χ2n) is 5.66. The maximum atomic E-state index is 11.4. The number of nitrogens with one attached hydrogen (secondary N) is 1. The normalized spacial score (nSPS) is 16.6. The first-order chi connectivity index (χ1) is 9.95. The molecule has 0 aromatic heterocycles. The van der Waals surface area contributed by atoms with Gasteiger partial charge in [-0.25, -0.2) is 0 Å². The fraction of sp³-hybridized carbons (Fsp3) is 0.600. The summed E-state index contributed by atoms with van der Waals surface area (Å²) in [6.45, 7) is 7.06. The van der Waals surface area contributed by atoms with E-state index >= 15 is 0 Å². The first-order valence-electron chi connectivity index (χ1n) is 7.21. The Kier molecular flexibility index (Phi) is 4.67. The summed E-state index contributed by atoms with van der Waals surface area (Å²) in [7, 11) is 1.86. The highest BCUT2D eigenvalue weighted by Crippen LogP contribution is 2.42. The molecule has 0 bridgehead atoms. The van der Waals surface area contributed by atoms with Gasteiger partial charge in [0.25, 0.3) is 5.69 Å². The number of likely N-dealkylation sites (N-methyl/N-ethyl adjacent to an activating group) is 1. The molecule has 0 aliphatic carbocycles. The molecule has 2 rings (SSSR count). The van der Waals surface area contributed by atoms with Gasteiger partial charge in [0, 0.05) is 17.5 Å². The maximum Gasteiger partial charge on any atom is 0.276 e. The van der Waals surface area contributed by atoms with Crippen LogP contribution < -0.4 is 14.8 Å². The second kappa shape index (κ2) is 6.30. The predicted molar refractivity (Wildman–Crippen MR) is 80.2 cm³/mol. The molecule has 0 saturated carbocycles. The van der Waals surface area contributed by atoms with E-state index in [0.29, 0.717) is 30.3 Å². The number of hydrogen-bond acceptors (Lipinski definition) is 5. The maximum absolute atomic E-state index is 11.4. The van der Waals surface area contributed by atoms with E-state index in [1.165, 1.54) is 6.07 Å². The highest BCUT2D eigenvalue weighted by molar-refractivity contribution is 5.56. The zero-order valence-electron chi connectivity index (χ0n) is 12.9. The van der Waals surface area contributed by atoms with Gasteiger partial charge in [-0.3, -0.25) is 10.1 Å². The molecule has 0 saturated heterocycles. The molecule has 1 aliphatic heterocycles. The molecule has 2 atom stereocenters. The van der Waals surface area contributed by atoms with Crippen LogP contribution in [0.25, 0.3) is 0 Å². The number of nitro benzene ring substituents is 1. The fourth-order valence-electron chi connectivity index (χ4n) is 2.90. The Hall–Kier alpha value is -1.82. The Morgan fingerprint density at radius 2 is 1.76 bits per heavy atom. The topological polar surface area (TPSA) is 73.6 Å². The molecule has 0 amide bonds. The highest BCUT2D eigenvalue weighted by Gasteiger charge is 2.31. The number of nitrogens with zero attached hydrogens (tertiary/aromatic N) is 1.